The molecule has 0 fully saturated rings. The molecule has 7 aromatic carbocycles. The maximum atomic E-state index is 6.14. The third-order valence-electron chi connectivity index (χ3n) is 7.65. The molecule has 0 unspecified atom stereocenters. The first-order chi connectivity index (χ1) is 18.3. The van der Waals surface area contributed by atoms with Crippen molar-refractivity contribution in [1.82, 2.24) is 0 Å². The van der Waals surface area contributed by atoms with Gasteiger partial charge in [0.25, 0.3) is 0 Å². The van der Waals surface area contributed by atoms with E-state index < -0.39 is 0 Å². The van der Waals surface area contributed by atoms with Crippen LogP contribution in [0, 0.1) is 0 Å². The van der Waals surface area contributed by atoms with E-state index in [1.54, 1.807) is 0 Å². The molecule has 37 heavy (non-hydrogen) atoms. The lowest BCUT2D eigenvalue weighted by Crippen LogP contribution is -1.85. The second-order valence-electron chi connectivity index (χ2n) is 9.74. The molecule has 1 aromatic heterocycles. The van der Waals surface area contributed by atoms with Gasteiger partial charge in [-0.3, -0.25) is 0 Å². The average molecular weight is 471 g/mol. The van der Waals surface area contributed by atoms with E-state index in [2.05, 4.69) is 121 Å². The molecule has 1 heterocycles. The summed E-state index contributed by atoms with van der Waals surface area (Å²) in [5, 5.41) is 10.1. The van der Waals surface area contributed by atoms with Crippen LogP contribution >= 0.6 is 0 Å². The Morgan fingerprint density at radius 3 is 1.92 bits per heavy atom. The van der Waals surface area contributed by atoms with Crippen LogP contribution in [0.3, 0.4) is 0 Å². The smallest absolute Gasteiger partial charge is 0.136 e. The van der Waals surface area contributed by atoms with Crippen LogP contribution in [0.15, 0.2) is 138 Å². The zero-order valence-corrected chi connectivity index (χ0v) is 20.1. The lowest BCUT2D eigenvalue weighted by Gasteiger charge is -2.11. The Bertz CT molecular complexity index is 2140. The van der Waals surface area contributed by atoms with Crippen molar-refractivity contribution in [3.8, 4) is 22.3 Å². The second kappa shape index (κ2) is 7.81. The fourth-order valence-corrected chi connectivity index (χ4v) is 5.89. The van der Waals surface area contributed by atoms with Crippen molar-refractivity contribution in [3.63, 3.8) is 0 Å². The maximum Gasteiger partial charge on any atom is 0.136 e. The van der Waals surface area contributed by atoms with Crippen molar-refractivity contribution in [2.75, 3.05) is 0 Å². The van der Waals surface area contributed by atoms with Gasteiger partial charge < -0.3 is 4.42 Å². The van der Waals surface area contributed by atoms with E-state index in [4.69, 9.17) is 4.42 Å². The molecule has 0 radical (unpaired) electrons. The summed E-state index contributed by atoms with van der Waals surface area (Å²) in [5.41, 5.74) is 6.68. The largest absolute Gasteiger partial charge is 0.456 e. The standard InChI is InChI=1S/C36H22O/c1-2-10-28-23(7-1)15-19-32-29-18-16-25(22-27(29)17-20-31(28)32)24-8-5-9-26(21-24)30-12-6-14-35-36(30)33-11-3-4-13-34(33)37-35/h1-22H. The molecular formula is C36H22O. The van der Waals surface area contributed by atoms with Gasteiger partial charge >= 0.3 is 0 Å². The molecule has 1 nitrogen and oxygen atoms in total. The molecule has 0 saturated carbocycles. The highest BCUT2D eigenvalue weighted by Gasteiger charge is 2.13. The highest BCUT2D eigenvalue weighted by molar-refractivity contribution is 6.17. The van der Waals surface area contributed by atoms with E-state index in [1.165, 1.54) is 60.0 Å². The Labute approximate surface area is 214 Å². The third kappa shape index (κ3) is 3.11. The van der Waals surface area contributed by atoms with Crippen molar-refractivity contribution in [2.24, 2.45) is 0 Å². The SMILES string of the molecule is c1cc(-c2ccc3c(ccc4c5ccccc5ccc34)c2)cc(-c2cccc3oc4ccccc4c23)c1. The summed E-state index contributed by atoms with van der Waals surface area (Å²) in [6, 6.07) is 47.9. The minimum Gasteiger partial charge on any atom is -0.456 e. The predicted molar refractivity (Wildman–Crippen MR) is 157 cm³/mol. The monoisotopic (exact) mass is 470 g/mol. The van der Waals surface area contributed by atoms with Gasteiger partial charge in [-0.05, 0) is 78.8 Å². The molecule has 0 aliphatic carbocycles. The van der Waals surface area contributed by atoms with Crippen LogP contribution in [0.2, 0.25) is 0 Å². The maximum absolute atomic E-state index is 6.14. The second-order valence-corrected chi connectivity index (χ2v) is 9.74. The lowest BCUT2D eigenvalue weighted by atomic mass is 9.93. The van der Waals surface area contributed by atoms with E-state index in [9.17, 15) is 0 Å². The Hall–Kier alpha value is -4.88. The van der Waals surface area contributed by atoms with Gasteiger partial charge in [0.15, 0.2) is 0 Å². The third-order valence-corrected chi connectivity index (χ3v) is 7.65. The zero-order chi connectivity index (χ0) is 24.3. The van der Waals surface area contributed by atoms with E-state index >= 15 is 0 Å². The van der Waals surface area contributed by atoms with Crippen LogP contribution < -0.4 is 0 Å². The number of para-hydroxylation sites is 1. The molecule has 0 bridgehead atoms. The topological polar surface area (TPSA) is 13.1 Å². The Morgan fingerprint density at radius 2 is 1.00 bits per heavy atom. The van der Waals surface area contributed by atoms with E-state index in [0.29, 0.717) is 0 Å². The number of hydrogen-bond donors (Lipinski definition) is 0. The zero-order valence-electron chi connectivity index (χ0n) is 20.1. The highest BCUT2D eigenvalue weighted by Crippen LogP contribution is 2.38. The fraction of sp³-hybridized carbons (Fsp3) is 0. The van der Waals surface area contributed by atoms with Gasteiger partial charge in [0.1, 0.15) is 11.2 Å². The predicted octanol–water partition coefficient (Wildman–Crippen LogP) is 10.4. The minimum atomic E-state index is 0.925. The summed E-state index contributed by atoms with van der Waals surface area (Å²) >= 11 is 0. The van der Waals surface area contributed by atoms with Crippen LogP contribution in [0.5, 0.6) is 0 Å². The van der Waals surface area contributed by atoms with Gasteiger partial charge in [0, 0.05) is 10.8 Å². The number of hydrogen-bond acceptors (Lipinski definition) is 1. The molecule has 8 rings (SSSR count). The number of furan rings is 1. The van der Waals surface area contributed by atoms with Gasteiger partial charge in [-0.2, -0.15) is 0 Å². The highest BCUT2D eigenvalue weighted by atomic mass is 16.3. The lowest BCUT2D eigenvalue weighted by molar-refractivity contribution is 0.669. The van der Waals surface area contributed by atoms with Gasteiger partial charge in [0.05, 0.1) is 0 Å². The molecule has 0 atom stereocenters. The molecule has 0 saturated heterocycles. The quantitative estimate of drug-likeness (QED) is 0.229. The van der Waals surface area contributed by atoms with Crippen LogP contribution in [-0.4, -0.2) is 0 Å². The molecule has 0 amide bonds. The van der Waals surface area contributed by atoms with Crippen molar-refractivity contribution >= 4 is 54.3 Å². The summed E-state index contributed by atoms with van der Waals surface area (Å²) < 4.78 is 6.14. The molecule has 1 heteroatoms. The van der Waals surface area contributed by atoms with Crippen LogP contribution in [0.25, 0.3) is 76.5 Å². The average Bonchev–Trinajstić information content (AvgIpc) is 3.35. The summed E-state index contributed by atoms with van der Waals surface area (Å²) in [6.45, 7) is 0. The normalized spacial score (nSPS) is 11.8. The summed E-state index contributed by atoms with van der Waals surface area (Å²) in [4.78, 5) is 0. The van der Waals surface area contributed by atoms with Crippen molar-refractivity contribution in [2.45, 2.75) is 0 Å². The minimum absolute atomic E-state index is 0.925. The van der Waals surface area contributed by atoms with Crippen molar-refractivity contribution in [3.05, 3.63) is 133 Å². The van der Waals surface area contributed by atoms with E-state index in [-0.39, 0.29) is 0 Å². The molecule has 0 aliphatic rings. The first-order valence-corrected chi connectivity index (χ1v) is 12.7. The first-order valence-electron chi connectivity index (χ1n) is 12.7. The van der Waals surface area contributed by atoms with Crippen LogP contribution in [-0.2, 0) is 0 Å². The number of rotatable bonds is 2. The fourth-order valence-electron chi connectivity index (χ4n) is 5.89. The Morgan fingerprint density at radius 1 is 0.351 bits per heavy atom. The van der Waals surface area contributed by atoms with Crippen LogP contribution in [0.4, 0.5) is 0 Å². The number of fused-ring (bicyclic) bond motifs is 8. The first kappa shape index (κ1) is 20.3. The Balaban J connectivity index is 1.28. The van der Waals surface area contributed by atoms with E-state index in [1.807, 2.05) is 12.1 Å². The van der Waals surface area contributed by atoms with Crippen molar-refractivity contribution in [1.29, 1.82) is 0 Å². The Kier molecular flexibility index (Phi) is 4.29. The van der Waals surface area contributed by atoms with Gasteiger partial charge in [0.2, 0.25) is 0 Å². The van der Waals surface area contributed by atoms with Crippen molar-refractivity contribution < 1.29 is 4.42 Å². The van der Waals surface area contributed by atoms with Gasteiger partial charge in [-0.25, -0.2) is 0 Å². The molecule has 0 spiro atoms. The van der Waals surface area contributed by atoms with Gasteiger partial charge in [-0.15, -0.1) is 0 Å². The molecule has 0 aliphatic heterocycles. The van der Waals surface area contributed by atoms with Crippen LogP contribution in [0.1, 0.15) is 0 Å². The molecular weight excluding hydrogens is 448 g/mol. The summed E-state index contributed by atoms with van der Waals surface area (Å²) in [6.07, 6.45) is 0. The molecule has 172 valence electrons. The summed E-state index contributed by atoms with van der Waals surface area (Å²) in [7, 11) is 0. The number of benzene rings is 7. The summed E-state index contributed by atoms with van der Waals surface area (Å²) in [5.74, 6) is 0. The molecule has 0 N–H and O–H groups in total. The molecule has 8 aromatic rings. The van der Waals surface area contributed by atoms with Gasteiger partial charge in [-0.1, -0.05) is 109 Å². The van der Waals surface area contributed by atoms with E-state index in [0.717, 1.165) is 16.6 Å².